The first kappa shape index (κ1) is 14.0. The molecule has 0 aromatic rings. The summed E-state index contributed by atoms with van der Waals surface area (Å²) in [5.74, 6) is 0.594. The lowest BCUT2D eigenvalue weighted by molar-refractivity contribution is -0.136. The molecule has 0 spiro atoms. The molecule has 0 bridgehead atoms. The summed E-state index contributed by atoms with van der Waals surface area (Å²) in [6, 6.07) is -0.375. The quantitative estimate of drug-likeness (QED) is 0.810. The van der Waals surface area contributed by atoms with Crippen LogP contribution in [0.1, 0.15) is 41.0 Å². The average Bonchev–Trinajstić information content (AvgIpc) is 2.28. The standard InChI is InChI=1S/C13H24N2O2/c1-8(2)7-15-10(5)6-11(16)14-12(9(3)4)13(15)17/h8-10,12H,6-7H2,1-5H3,(H,14,16). The summed E-state index contributed by atoms with van der Waals surface area (Å²) >= 11 is 0. The Labute approximate surface area is 104 Å². The van der Waals surface area contributed by atoms with E-state index in [2.05, 4.69) is 19.2 Å². The number of carbonyl (C=O) groups is 2. The van der Waals surface area contributed by atoms with E-state index >= 15 is 0 Å². The van der Waals surface area contributed by atoms with E-state index in [1.165, 1.54) is 0 Å². The molecule has 4 nitrogen and oxygen atoms in total. The van der Waals surface area contributed by atoms with Crippen LogP contribution < -0.4 is 5.32 Å². The van der Waals surface area contributed by atoms with Gasteiger partial charge in [0.2, 0.25) is 11.8 Å². The highest BCUT2D eigenvalue weighted by Gasteiger charge is 2.35. The van der Waals surface area contributed by atoms with Gasteiger partial charge in [0.15, 0.2) is 0 Å². The molecule has 98 valence electrons. The van der Waals surface area contributed by atoms with E-state index in [4.69, 9.17) is 0 Å². The van der Waals surface area contributed by atoms with Crippen LogP contribution in [0.15, 0.2) is 0 Å². The van der Waals surface area contributed by atoms with Gasteiger partial charge in [-0.05, 0) is 18.8 Å². The molecular weight excluding hydrogens is 216 g/mol. The topological polar surface area (TPSA) is 49.4 Å². The molecule has 1 heterocycles. The molecule has 1 aliphatic heterocycles. The minimum atomic E-state index is -0.369. The lowest BCUT2D eigenvalue weighted by Crippen LogP contribution is -2.49. The highest BCUT2D eigenvalue weighted by Crippen LogP contribution is 2.17. The smallest absolute Gasteiger partial charge is 0.245 e. The van der Waals surface area contributed by atoms with Crippen molar-refractivity contribution in [1.82, 2.24) is 10.2 Å². The molecule has 1 fully saturated rings. The van der Waals surface area contributed by atoms with Gasteiger partial charge in [0, 0.05) is 19.0 Å². The third kappa shape index (κ3) is 3.45. The van der Waals surface area contributed by atoms with Crippen molar-refractivity contribution < 1.29 is 9.59 Å². The molecule has 1 N–H and O–H groups in total. The minimum Gasteiger partial charge on any atom is -0.344 e. The number of nitrogens with zero attached hydrogens (tertiary/aromatic N) is 1. The fourth-order valence-electron chi connectivity index (χ4n) is 2.18. The Morgan fingerprint density at radius 3 is 2.35 bits per heavy atom. The first-order chi connectivity index (χ1) is 7.82. The predicted octanol–water partition coefficient (Wildman–Crippen LogP) is 1.40. The molecular formula is C13H24N2O2. The molecule has 0 aromatic heterocycles. The summed E-state index contributed by atoms with van der Waals surface area (Å²) in [5.41, 5.74) is 0. The van der Waals surface area contributed by atoms with Crippen LogP contribution in [0, 0.1) is 11.8 Å². The third-order valence-corrected chi connectivity index (χ3v) is 3.11. The molecule has 0 radical (unpaired) electrons. The van der Waals surface area contributed by atoms with Crippen LogP contribution in [0.5, 0.6) is 0 Å². The Kier molecular flexibility index (Phi) is 4.54. The van der Waals surface area contributed by atoms with Crippen molar-refractivity contribution in [3.05, 3.63) is 0 Å². The molecule has 0 aromatic carbocycles. The minimum absolute atomic E-state index is 0.00588. The Morgan fingerprint density at radius 2 is 1.88 bits per heavy atom. The maximum atomic E-state index is 12.4. The second kappa shape index (κ2) is 5.52. The molecule has 1 saturated heterocycles. The first-order valence-electron chi connectivity index (χ1n) is 6.42. The van der Waals surface area contributed by atoms with E-state index < -0.39 is 0 Å². The number of amides is 2. The SMILES string of the molecule is CC(C)CN1C(=O)C(C(C)C)NC(=O)CC1C. The number of rotatable bonds is 3. The van der Waals surface area contributed by atoms with Crippen LogP contribution in [-0.4, -0.2) is 35.3 Å². The fourth-order valence-corrected chi connectivity index (χ4v) is 2.18. The molecule has 17 heavy (non-hydrogen) atoms. The number of nitrogens with one attached hydrogen (secondary N) is 1. The molecule has 0 aliphatic carbocycles. The van der Waals surface area contributed by atoms with Gasteiger partial charge in [0.05, 0.1) is 0 Å². The van der Waals surface area contributed by atoms with Gasteiger partial charge >= 0.3 is 0 Å². The molecule has 2 atom stereocenters. The number of hydrogen-bond donors (Lipinski definition) is 1. The largest absolute Gasteiger partial charge is 0.344 e. The lowest BCUT2D eigenvalue weighted by Gasteiger charge is -2.31. The summed E-state index contributed by atoms with van der Waals surface area (Å²) < 4.78 is 0. The third-order valence-electron chi connectivity index (χ3n) is 3.11. The summed E-state index contributed by atoms with van der Waals surface area (Å²) in [7, 11) is 0. The molecule has 4 heteroatoms. The van der Waals surface area contributed by atoms with Crippen molar-refractivity contribution in [2.45, 2.75) is 53.1 Å². The Balaban J connectivity index is 2.92. The van der Waals surface area contributed by atoms with Gasteiger partial charge in [-0.25, -0.2) is 0 Å². The number of carbonyl (C=O) groups excluding carboxylic acids is 2. The first-order valence-corrected chi connectivity index (χ1v) is 6.42. The normalized spacial score (nSPS) is 26.4. The monoisotopic (exact) mass is 240 g/mol. The Morgan fingerprint density at radius 1 is 1.29 bits per heavy atom. The Bertz CT molecular complexity index is 300. The van der Waals surface area contributed by atoms with Crippen LogP contribution in [-0.2, 0) is 9.59 Å². The van der Waals surface area contributed by atoms with Crippen molar-refractivity contribution in [2.24, 2.45) is 11.8 Å². The number of hydrogen-bond acceptors (Lipinski definition) is 2. The molecule has 0 saturated carbocycles. The van der Waals surface area contributed by atoms with Gasteiger partial charge in [-0.2, -0.15) is 0 Å². The van der Waals surface area contributed by atoms with Gasteiger partial charge in [-0.3, -0.25) is 9.59 Å². The molecule has 1 aliphatic rings. The highest BCUT2D eigenvalue weighted by molar-refractivity contribution is 5.90. The van der Waals surface area contributed by atoms with Crippen LogP contribution in [0.3, 0.4) is 0 Å². The zero-order valence-corrected chi connectivity index (χ0v) is 11.5. The van der Waals surface area contributed by atoms with Gasteiger partial charge in [0.25, 0.3) is 0 Å². The van der Waals surface area contributed by atoms with E-state index in [0.717, 1.165) is 6.54 Å². The van der Waals surface area contributed by atoms with Gasteiger partial charge in [-0.15, -0.1) is 0 Å². The van der Waals surface area contributed by atoms with Gasteiger partial charge in [0.1, 0.15) is 6.04 Å². The molecule has 2 unspecified atom stereocenters. The van der Waals surface area contributed by atoms with Crippen LogP contribution in [0.2, 0.25) is 0 Å². The van der Waals surface area contributed by atoms with E-state index in [9.17, 15) is 9.59 Å². The summed E-state index contributed by atoms with van der Waals surface area (Å²) in [6.07, 6.45) is 0.404. The van der Waals surface area contributed by atoms with Gasteiger partial charge < -0.3 is 10.2 Å². The van der Waals surface area contributed by atoms with Crippen molar-refractivity contribution in [2.75, 3.05) is 6.54 Å². The van der Waals surface area contributed by atoms with Crippen LogP contribution >= 0.6 is 0 Å². The maximum absolute atomic E-state index is 12.4. The maximum Gasteiger partial charge on any atom is 0.245 e. The fraction of sp³-hybridized carbons (Fsp3) is 0.846. The van der Waals surface area contributed by atoms with Gasteiger partial charge in [-0.1, -0.05) is 27.7 Å². The second-order valence-corrected chi connectivity index (χ2v) is 5.73. The Hall–Kier alpha value is -1.06. The van der Waals surface area contributed by atoms with E-state index in [1.54, 1.807) is 0 Å². The highest BCUT2D eigenvalue weighted by atomic mass is 16.2. The van der Waals surface area contributed by atoms with Crippen molar-refractivity contribution in [1.29, 1.82) is 0 Å². The second-order valence-electron chi connectivity index (χ2n) is 5.73. The van der Waals surface area contributed by atoms with Crippen LogP contribution in [0.25, 0.3) is 0 Å². The van der Waals surface area contributed by atoms with Crippen molar-refractivity contribution in [3.63, 3.8) is 0 Å². The van der Waals surface area contributed by atoms with Crippen LogP contribution in [0.4, 0.5) is 0 Å². The predicted molar refractivity (Wildman–Crippen MR) is 67.4 cm³/mol. The zero-order valence-electron chi connectivity index (χ0n) is 11.5. The molecule has 1 rings (SSSR count). The summed E-state index contributed by atoms with van der Waals surface area (Å²) in [6.45, 7) is 10.8. The summed E-state index contributed by atoms with van der Waals surface area (Å²) in [4.78, 5) is 25.9. The van der Waals surface area contributed by atoms with Crippen molar-refractivity contribution >= 4 is 11.8 Å². The van der Waals surface area contributed by atoms with Crippen molar-refractivity contribution in [3.8, 4) is 0 Å². The average molecular weight is 240 g/mol. The van der Waals surface area contributed by atoms with E-state index in [-0.39, 0.29) is 29.8 Å². The zero-order chi connectivity index (χ0) is 13.2. The molecule has 2 amide bonds. The van der Waals surface area contributed by atoms with E-state index in [1.807, 2.05) is 25.7 Å². The van der Waals surface area contributed by atoms with E-state index in [0.29, 0.717) is 12.3 Å². The lowest BCUT2D eigenvalue weighted by atomic mass is 10.0. The summed E-state index contributed by atoms with van der Waals surface area (Å²) in [5, 5.41) is 2.83.